The van der Waals surface area contributed by atoms with Gasteiger partial charge in [-0.2, -0.15) is 0 Å². The van der Waals surface area contributed by atoms with Gasteiger partial charge in [0.2, 0.25) is 0 Å². The molecule has 0 aliphatic heterocycles. The molecule has 1 unspecified atom stereocenters. The van der Waals surface area contributed by atoms with Crippen LogP contribution < -0.4 is 10.1 Å². The summed E-state index contributed by atoms with van der Waals surface area (Å²) in [5, 5.41) is 5.82. The van der Waals surface area contributed by atoms with E-state index in [1.807, 2.05) is 23.5 Å². The molecule has 0 spiro atoms. The Bertz CT molecular complexity index is 518. The number of nitrogens with one attached hydrogen (secondary N) is 1. The average Bonchev–Trinajstić information content (AvgIpc) is 2.96. The van der Waals surface area contributed by atoms with Crippen LogP contribution in [0.1, 0.15) is 35.9 Å². The normalized spacial score (nSPS) is 12.3. The van der Waals surface area contributed by atoms with Crippen molar-refractivity contribution in [2.45, 2.75) is 32.7 Å². The molecular weight excluding hydrogens is 266 g/mol. The highest BCUT2D eigenvalue weighted by atomic mass is 32.1. The number of likely N-dealkylation sites (N-methyl/N-ethyl adjacent to an activating group) is 1. The van der Waals surface area contributed by atoms with Gasteiger partial charge in [-0.05, 0) is 54.1 Å². The molecule has 2 aromatic rings. The summed E-state index contributed by atoms with van der Waals surface area (Å²) >= 11 is 1.86. The van der Waals surface area contributed by atoms with Gasteiger partial charge < -0.3 is 10.1 Å². The third-order valence-electron chi connectivity index (χ3n) is 3.53. The molecule has 2 nitrogen and oxygen atoms in total. The molecule has 108 valence electrons. The maximum atomic E-state index is 5.22. The Morgan fingerprint density at radius 1 is 1.15 bits per heavy atom. The molecule has 1 aromatic carbocycles. The molecule has 0 aliphatic rings. The first kappa shape index (κ1) is 15.1. The lowest BCUT2D eigenvalue weighted by molar-refractivity contribution is 0.414. The van der Waals surface area contributed by atoms with Crippen LogP contribution in [0.4, 0.5) is 0 Å². The van der Waals surface area contributed by atoms with Gasteiger partial charge in [0.1, 0.15) is 5.75 Å². The van der Waals surface area contributed by atoms with Crippen molar-refractivity contribution in [1.82, 2.24) is 5.32 Å². The highest BCUT2D eigenvalue weighted by Gasteiger charge is 2.15. The highest BCUT2D eigenvalue weighted by molar-refractivity contribution is 7.10. The fourth-order valence-electron chi connectivity index (χ4n) is 2.45. The smallest absolute Gasteiger partial charge is 0.118 e. The van der Waals surface area contributed by atoms with Gasteiger partial charge in [0.05, 0.1) is 7.11 Å². The van der Waals surface area contributed by atoms with E-state index >= 15 is 0 Å². The van der Waals surface area contributed by atoms with Crippen LogP contribution in [0.3, 0.4) is 0 Å². The molecule has 1 aromatic heterocycles. The molecule has 2 rings (SSSR count). The molecule has 1 atom stereocenters. The van der Waals surface area contributed by atoms with E-state index in [9.17, 15) is 0 Å². The van der Waals surface area contributed by atoms with Crippen LogP contribution >= 0.6 is 11.3 Å². The zero-order valence-electron chi connectivity index (χ0n) is 12.5. The summed E-state index contributed by atoms with van der Waals surface area (Å²) in [5.74, 6) is 0.916. The topological polar surface area (TPSA) is 21.3 Å². The summed E-state index contributed by atoms with van der Waals surface area (Å²) in [6.07, 6.45) is 2.12. The van der Waals surface area contributed by atoms with Gasteiger partial charge in [-0.3, -0.25) is 0 Å². The third kappa shape index (κ3) is 3.62. The second-order valence-electron chi connectivity index (χ2n) is 4.83. The molecular formula is C17H23NOS. The summed E-state index contributed by atoms with van der Waals surface area (Å²) in [5.41, 5.74) is 2.81. The minimum absolute atomic E-state index is 0.406. The average molecular weight is 289 g/mol. The van der Waals surface area contributed by atoms with Crippen molar-refractivity contribution < 1.29 is 4.74 Å². The molecule has 3 heteroatoms. The molecule has 0 aliphatic carbocycles. The van der Waals surface area contributed by atoms with Crippen LogP contribution in [0, 0.1) is 0 Å². The quantitative estimate of drug-likeness (QED) is 0.824. The van der Waals surface area contributed by atoms with Crippen LogP contribution in [0.2, 0.25) is 0 Å². The van der Waals surface area contributed by atoms with Gasteiger partial charge in [-0.1, -0.05) is 26.0 Å². The Morgan fingerprint density at radius 2 is 1.90 bits per heavy atom. The van der Waals surface area contributed by atoms with E-state index < -0.39 is 0 Å². The number of methoxy groups -OCH3 is 1. The van der Waals surface area contributed by atoms with Crippen LogP contribution in [-0.4, -0.2) is 13.7 Å². The van der Waals surface area contributed by atoms with E-state index in [-0.39, 0.29) is 0 Å². The fraction of sp³-hybridized carbons (Fsp3) is 0.412. The first-order chi connectivity index (χ1) is 9.78. The number of aryl methyl sites for hydroxylation is 1. The Kier molecular flexibility index (Phi) is 5.62. The molecule has 0 saturated carbocycles. The fourth-order valence-corrected chi connectivity index (χ4v) is 3.52. The molecule has 1 heterocycles. The Labute approximate surface area is 125 Å². The minimum Gasteiger partial charge on any atom is -0.497 e. The van der Waals surface area contributed by atoms with Gasteiger partial charge in [-0.25, -0.2) is 0 Å². The van der Waals surface area contributed by atoms with Gasteiger partial charge >= 0.3 is 0 Å². The lowest BCUT2D eigenvalue weighted by Gasteiger charge is -2.18. The lowest BCUT2D eigenvalue weighted by Crippen LogP contribution is -2.23. The number of ether oxygens (including phenoxy) is 1. The van der Waals surface area contributed by atoms with Crippen molar-refractivity contribution in [3.8, 4) is 5.75 Å². The van der Waals surface area contributed by atoms with Gasteiger partial charge in [-0.15, -0.1) is 11.3 Å². The summed E-state index contributed by atoms with van der Waals surface area (Å²) in [7, 11) is 1.70. The zero-order valence-corrected chi connectivity index (χ0v) is 13.3. The first-order valence-corrected chi connectivity index (χ1v) is 8.09. The van der Waals surface area contributed by atoms with Crippen molar-refractivity contribution in [2.75, 3.05) is 13.7 Å². The lowest BCUT2D eigenvalue weighted by atomic mass is 10.0. The second-order valence-corrected chi connectivity index (χ2v) is 5.77. The standard InChI is InChI=1S/C17H23NOS/c1-4-14-10-11-20-17(14)16(18-5-2)12-13-6-8-15(19-3)9-7-13/h6-11,16,18H,4-5,12H2,1-3H3. The second kappa shape index (κ2) is 7.46. The first-order valence-electron chi connectivity index (χ1n) is 7.21. The summed E-state index contributed by atoms with van der Waals surface area (Å²) in [6, 6.07) is 11.0. The predicted octanol–water partition coefficient (Wildman–Crippen LogP) is 4.21. The SMILES string of the molecule is CCNC(Cc1ccc(OC)cc1)c1sccc1CC. The van der Waals surface area contributed by atoms with Gasteiger partial charge in [0.25, 0.3) is 0 Å². The van der Waals surface area contributed by atoms with Crippen LogP contribution in [0.15, 0.2) is 35.7 Å². The third-order valence-corrected chi connectivity index (χ3v) is 4.60. The molecule has 0 radical (unpaired) electrons. The Hall–Kier alpha value is -1.32. The number of rotatable bonds is 7. The monoisotopic (exact) mass is 289 g/mol. The zero-order chi connectivity index (χ0) is 14.4. The van der Waals surface area contributed by atoms with Crippen molar-refractivity contribution >= 4 is 11.3 Å². The predicted molar refractivity (Wildman–Crippen MR) is 86.8 cm³/mol. The Balaban J connectivity index is 2.16. The maximum Gasteiger partial charge on any atom is 0.118 e. The van der Waals surface area contributed by atoms with Gasteiger partial charge in [0, 0.05) is 10.9 Å². The van der Waals surface area contributed by atoms with Crippen LogP contribution in [0.25, 0.3) is 0 Å². The number of hydrogen-bond donors (Lipinski definition) is 1. The molecule has 1 N–H and O–H groups in total. The summed E-state index contributed by atoms with van der Waals surface area (Å²) < 4.78 is 5.22. The van der Waals surface area contributed by atoms with Crippen molar-refractivity contribution in [1.29, 1.82) is 0 Å². The van der Waals surface area contributed by atoms with Gasteiger partial charge in [0.15, 0.2) is 0 Å². The van der Waals surface area contributed by atoms with E-state index in [0.29, 0.717) is 6.04 Å². The van der Waals surface area contributed by atoms with Crippen molar-refractivity contribution in [3.05, 3.63) is 51.7 Å². The highest BCUT2D eigenvalue weighted by Crippen LogP contribution is 2.28. The van der Waals surface area contributed by atoms with E-state index in [1.165, 1.54) is 16.0 Å². The molecule has 0 saturated heterocycles. The number of benzene rings is 1. The van der Waals surface area contributed by atoms with Crippen molar-refractivity contribution in [2.24, 2.45) is 0 Å². The van der Waals surface area contributed by atoms with Crippen molar-refractivity contribution in [3.63, 3.8) is 0 Å². The largest absolute Gasteiger partial charge is 0.497 e. The number of thiophene rings is 1. The maximum absolute atomic E-state index is 5.22. The summed E-state index contributed by atoms with van der Waals surface area (Å²) in [4.78, 5) is 1.48. The summed E-state index contributed by atoms with van der Waals surface area (Å²) in [6.45, 7) is 5.38. The molecule has 0 bridgehead atoms. The Morgan fingerprint density at radius 3 is 2.50 bits per heavy atom. The number of hydrogen-bond acceptors (Lipinski definition) is 3. The molecule has 0 amide bonds. The van der Waals surface area contributed by atoms with E-state index in [1.54, 1.807) is 7.11 Å². The minimum atomic E-state index is 0.406. The van der Waals surface area contributed by atoms with E-state index in [0.717, 1.165) is 25.1 Å². The molecule has 0 fully saturated rings. The van der Waals surface area contributed by atoms with Crippen LogP contribution in [0.5, 0.6) is 5.75 Å². The van der Waals surface area contributed by atoms with Crippen LogP contribution in [-0.2, 0) is 12.8 Å². The van der Waals surface area contributed by atoms with E-state index in [2.05, 4.69) is 42.7 Å². The molecule has 20 heavy (non-hydrogen) atoms. The van der Waals surface area contributed by atoms with E-state index in [4.69, 9.17) is 4.74 Å².